The van der Waals surface area contributed by atoms with Crippen LogP contribution < -0.4 is 5.32 Å². The van der Waals surface area contributed by atoms with Crippen LogP contribution in [0.1, 0.15) is 25.3 Å². The molecule has 3 heteroatoms. The molecule has 2 rings (SSSR count). The molecule has 1 N–H and O–H groups in total. The molecule has 0 spiro atoms. The summed E-state index contributed by atoms with van der Waals surface area (Å²) in [5.74, 6) is 0.737. The van der Waals surface area contributed by atoms with Crippen LogP contribution in [0.5, 0.6) is 0 Å². The van der Waals surface area contributed by atoms with Crippen LogP contribution >= 0.6 is 0 Å². The molecule has 1 aromatic rings. The Kier molecular flexibility index (Phi) is 5.34. The van der Waals surface area contributed by atoms with E-state index >= 15 is 0 Å². The first-order valence-corrected chi connectivity index (χ1v) is 7.32. The van der Waals surface area contributed by atoms with E-state index in [0.29, 0.717) is 6.04 Å². The molecule has 1 saturated heterocycles. The standard InChI is InChI=1S/C16H25FN2/c1-13(11-15-5-3-4-6-16(15)17)19-9-7-14(8-10-19)12-18-2/h3-6,13-14,18H,7-12H2,1-2H3. The molecule has 0 bridgehead atoms. The molecule has 0 amide bonds. The van der Waals surface area contributed by atoms with Gasteiger partial charge in [0.1, 0.15) is 5.82 Å². The molecule has 1 aliphatic heterocycles. The molecule has 1 unspecified atom stereocenters. The topological polar surface area (TPSA) is 15.3 Å². The van der Waals surface area contributed by atoms with Crippen molar-refractivity contribution in [1.82, 2.24) is 10.2 Å². The predicted molar refractivity (Wildman–Crippen MR) is 77.8 cm³/mol. The van der Waals surface area contributed by atoms with Gasteiger partial charge < -0.3 is 10.2 Å². The van der Waals surface area contributed by atoms with Gasteiger partial charge in [-0.1, -0.05) is 18.2 Å². The molecule has 1 atom stereocenters. The number of hydrogen-bond acceptors (Lipinski definition) is 2. The molecule has 0 radical (unpaired) electrons. The highest BCUT2D eigenvalue weighted by molar-refractivity contribution is 5.18. The summed E-state index contributed by atoms with van der Waals surface area (Å²) in [5, 5.41) is 3.26. The average Bonchev–Trinajstić information content (AvgIpc) is 2.42. The summed E-state index contributed by atoms with van der Waals surface area (Å²) in [6.07, 6.45) is 3.31. The van der Waals surface area contributed by atoms with Gasteiger partial charge in [-0.2, -0.15) is 0 Å². The van der Waals surface area contributed by atoms with Crippen molar-refractivity contribution in [2.75, 3.05) is 26.7 Å². The van der Waals surface area contributed by atoms with Gasteiger partial charge in [0.05, 0.1) is 0 Å². The van der Waals surface area contributed by atoms with E-state index in [4.69, 9.17) is 0 Å². The third-order valence-electron chi connectivity index (χ3n) is 4.24. The minimum absolute atomic E-state index is 0.0700. The first-order chi connectivity index (χ1) is 9.20. The van der Waals surface area contributed by atoms with Crippen LogP contribution in [-0.4, -0.2) is 37.6 Å². The fourth-order valence-corrected chi connectivity index (χ4v) is 3.00. The number of likely N-dealkylation sites (tertiary alicyclic amines) is 1. The Balaban J connectivity index is 1.85. The lowest BCUT2D eigenvalue weighted by molar-refractivity contribution is 0.139. The summed E-state index contributed by atoms with van der Waals surface area (Å²) < 4.78 is 13.7. The Bertz CT molecular complexity index is 386. The largest absolute Gasteiger partial charge is 0.319 e. The summed E-state index contributed by atoms with van der Waals surface area (Å²) in [7, 11) is 2.02. The average molecular weight is 264 g/mol. The van der Waals surface area contributed by atoms with Crippen LogP contribution in [0.2, 0.25) is 0 Å². The molecule has 1 aromatic carbocycles. The van der Waals surface area contributed by atoms with Gasteiger partial charge in [-0.05, 0) is 70.4 Å². The van der Waals surface area contributed by atoms with Crippen LogP contribution in [0.3, 0.4) is 0 Å². The third kappa shape index (κ3) is 4.02. The monoisotopic (exact) mass is 264 g/mol. The van der Waals surface area contributed by atoms with E-state index in [1.54, 1.807) is 12.1 Å². The Morgan fingerprint density at radius 3 is 2.63 bits per heavy atom. The van der Waals surface area contributed by atoms with E-state index < -0.39 is 0 Å². The summed E-state index contributed by atoms with van der Waals surface area (Å²) in [4.78, 5) is 2.50. The molecule has 19 heavy (non-hydrogen) atoms. The molecule has 0 aromatic heterocycles. The first kappa shape index (κ1) is 14.5. The molecular weight excluding hydrogens is 239 g/mol. The fraction of sp³-hybridized carbons (Fsp3) is 0.625. The number of piperidine rings is 1. The van der Waals surface area contributed by atoms with Crippen molar-refractivity contribution >= 4 is 0 Å². The van der Waals surface area contributed by atoms with Crippen LogP contribution in [-0.2, 0) is 6.42 Å². The highest BCUT2D eigenvalue weighted by Crippen LogP contribution is 2.20. The van der Waals surface area contributed by atoms with Crippen LogP contribution in [0.25, 0.3) is 0 Å². The van der Waals surface area contributed by atoms with E-state index in [1.165, 1.54) is 12.8 Å². The van der Waals surface area contributed by atoms with E-state index in [-0.39, 0.29) is 5.82 Å². The highest BCUT2D eigenvalue weighted by atomic mass is 19.1. The van der Waals surface area contributed by atoms with Crippen molar-refractivity contribution in [1.29, 1.82) is 0 Å². The fourth-order valence-electron chi connectivity index (χ4n) is 3.00. The highest BCUT2D eigenvalue weighted by Gasteiger charge is 2.22. The van der Waals surface area contributed by atoms with Crippen LogP contribution in [0.15, 0.2) is 24.3 Å². The molecule has 1 fully saturated rings. The van der Waals surface area contributed by atoms with Crippen molar-refractivity contribution in [3.05, 3.63) is 35.6 Å². The van der Waals surface area contributed by atoms with Gasteiger partial charge in [-0.3, -0.25) is 0 Å². The van der Waals surface area contributed by atoms with Crippen molar-refractivity contribution < 1.29 is 4.39 Å². The zero-order chi connectivity index (χ0) is 13.7. The Labute approximate surface area is 116 Å². The van der Waals surface area contributed by atoms with E-state index in [0.717, 1.165) is 37.5 Å². The Morgan fingerprint density at radius 1 is 1.32 bits per heavy atom. The number of benzene rings is 1. The SMILES string of the molecule is CNCC1CCN(C(C)Cc2ccccc2F)CC1. The number of nitrogens with one attached hydrogen (secondary N) is 1. The normalized spacial score (nSPS) is 19.5. The lowest BCUT2D eigenvalue weighted by atomic mass is 9.94. The second-order valence-electron chi connectivity index (χ2n) is 5.68. The van der Waals surface area contributed by atoms with Crippen molar-refractivity contribution in [3.63, 3.8) is 0 Å². The number of hydrogen-bond donors (Lipinski definition) is 1. The molecular formula is C16H25FN2. The molecule has 0 saturated carbocycles. The number of halogens is 1. The summed E-state index contributed by atoms with van der Waals surface area (Å²) in [6, 6.07) is 7.56. The first-order valence-electron chi connectivity index (χ1n) is 7.32. The predicted octanol–water partition coefficient (Wildman–Crippen LogP) is 2.69. The van der Waals surface area contributed by atoms with Gasteiger partial charge >= 0.3 is 0 Å². The van der Waals surface area contributed by atoms with Crippen LogP contribution in [0, 0.1) is 11.7 Å². The summed E-state index contributed by atoms with van der Waals surface area (Å²) in [6.45, 7) is 5.62. The van der Waals surface area contributed by atoms with Gasteiger partial charge in [0.2, 0.25) is 0 Å². The summed E-state index contributed by atoms with van der Waals surface area (Å²) in [5.41, 5.74) is 0.840. The van der Waals surface area contributed by atoms with E-state index in [1.807, 2.05) is 19.2 Å². The molecule has 1 heterocycles. The lowest BCUT2D eigenvalue weighted by Gasteiger charge is -2.36. The van der Waals surface area contributed by atoms with Gasteiger partial charge in [-0.25, -0.2) is 4.39 Å². The van der Waals surface area contributed by atoms with Crippen molar-refractivity contribution in [2.45, 2.75) is 32.2 Å². The Morgan fingerprint density at radius 2 is 2.00 bits per heavy atom. The van der Waals surface area contributed by atoms with Gasteiger partial charge in [-0.15, -0.1) is 0 Å². The summed E-state index contributed by atoms with van der Waals surface area (Å²) >= 11 is 0. The van der Waals surface area contributed by atoms with E-state index in [2.05, 4.69) is 17.1 Å². The minimum Gasteiger partial charge on any atom is -0.319 e. The zero-order valence-electron chi connectivity index (χ0n) is 12.0. The molecule has 2 nitrogen and oxygen atoms in total. The molecule has 106 valence electrons. The van der Waals surface area contributed by atoms with Crippen molar-refractivity contribution in [2.24, 2.45) is 5.92 Å². The zero-order valence-corrected chi connectivity index (χ0v) is 12.0. The second kappa shape index (κ2) is 7.01. The number of rotatable bonds is 5. The van der Waals surface area contributed by atoms with Gasteiger partial charge in [0.25, 0.3) is 0 Å². The lowest BCUT2D eigenvalue weighted by Crippen LogP contribution is -2.42. The second-order valence-corrected chi connectivity index (χ2v) is 5.68. The van der Waals surface area contributed by atoms with Gasteiger partial charge in [0, 0.05) is 6.04 Å². The maximum atomic E-state index is 13.7. The van der Waals surface area contributed by atoms with Crippen molar-refractivity contribution in [3.8, 4) is 0 Å². The smallest absolute Gasteiger partial charge is 0.126 e. The molecule has 0 aliphatic carbocycles. The molecule has 1 aliphatic rings. The quantitative estimate of drug-likeness (QED) is 0.879. The Hall–Kier alpha value is -0.930. The van der Waals surface area contributed by atoms with E-state index in [9.17, 15) is 4.39 Å². The van der Waals surface area contributed by atoms with Gasteiger partial charge in [0.15, 0.2) is 0 Å². The minimum atomic E-state index is -0.0700. The maximum Gasteiger partial charge on any atom is 0.126 e. The van der Waals surface area contributed by atoms with Crippen LogP contribution in [0.4, 0.5) is 4.39 Å². The number of nitrogens with zero attached hydrogens (tertiary/aromatic N) is 1. The third-order valence-corrected chi connectivity index (χ3v) is 4.24. The maximum absolute atomic E-state index is 13.7.